The number of likely N-dealkylation sites (N-methyl/N-ethyl adjacent to an activating group) is 1. The molecule has 0 fully saturated rings. The third kappa shape index (κ3) is 5.90. The molecule has 2 aromatic carbocycles. The lowest BCUT2D eigenvalue weighted by Gasteiger charge is -2.17. The van der Waals surface area contributed by atoms with Gasteiger partial charge in [-0.15, -0.1) is 22.0 Å². The van der Waals surface area contributed by atoms with E-state index in [1.807, 2.05) is 60.9 Å². The Morgan fingerprint density at radius 1 is 1.10 bits per heavy atom. The minimum atomic E-state index is -0.224. The normalized spacial score (nSPS) is 10.6. The third-order valence-electron chi connectivity index (χ3n) is 4.42. The number of amides is 2. The van der Waals surface area contributed by atoms with Crippen molar-refractivity contribution < 1.29 is 9.59 Å². The third-order valence-corrected chi connectivity index (χ3v) is 5.22. The molecule has 1 aromatic heterocycles. The largest absolute Gasteiger partial charge is 0.336 e. The maximum Gasteiger partial charge on any atom is 0.244 e. The van der Waals surface area contributed by atoms with Crippen LogP contribution in [0.5, 0.6) is 0 Å². The Balaban J connectivity index is 1.43. The van der Waals surface area contributed by atoms with E-state index in [2.05, 4.69) is 20.7 Å². The second kappa shape index (κ2) is 10.5. The summed E-state index contributed by atoms with van der Waals surface area (Å²) in [5.74, 6) is 0.228. The summed E-state index contributed by atoms with van der Waals surface area (Å²) in [4.78, 5) is 28.5. The van der Waals surface area contributed by atoms with Gasteiger partial charge in [0.2, 0.25) is 17.6 Å². The van der Waals surface area contributed by atoms with E-state index < -0.39 is 0 Å². The second-order valence-electron chi connectivity index (χ2n) is 6.68. The van der Waals surface area contributed by atoms with Gasteiger partial charge in [0, 0.05) is 23.9 Å². The number of nitrogens with zero attached hydrogens (tertiary/aromatic N) is 5. The molecule has 1 heterocycles. The number of thioether (sulfide) groups is 1. The quantitative estimate of drug-likeness (QED) is 0.531. The average molecular weight is 425 g/mol. The number of aromatic nitrogens is 4. The number of carbonyl (C=O) groups is 2. The van der Waals surface area contributed by atoms with Crippen molar-refractivity contribution >= 4 is 29.3 Å². The van der Waals surface area contributed by atoms with Gasteiger partial charge in [-0.05, 0) is 30.0 Å². The van der Waals surface area contributed by atoms with Gasteiger partial charge in [-0.3, -0.25) is 9.59 Å². The van der Waals surface area contributed by atoms with Gasteiger partial charge >= 0.3 is 0 Å². The van der Waals surface area contributed by atoms with Crippen molar-refractivity contribution in [2.75, 3.05) is 25.2 Å². The van der Waals surface area contributed by atoms with Crippen molar-refractivity contribution in [2.24, 2.45) is 0 Å². The summed E-state index contributed by atoms with van der Waals surface area (Å²) < 4.78 is 0. The lowest BCUT2D eigenvalue weighted by molar-refractivity contribution is -0.133. The number of hydrogen-bond donors (Lipinski definition) is 1. The molecule has 0 atom stereocenters. The van der Waals surface area contributed by atoms with Crippen LogP contribution < -0.4 is 5.32 Å². The van der Waals surface area contributed by atoms with E-state index in [4.69, 9.17) is 0 Å². The Kier molecular flexibility index (Phi) is 7.56. The molecule has 8 nitrogen and oxygen atoms in total. The smallest absolute Gasteiger partial charge is 0.244 e. The summed E-state index contributed by atoms with van der Waals surface area (Å²) in [6.07, 6.45) is 2.81. The van der Waals surface area contributed by atoms with E-state index >= 15 is 0 Å². The highest BCUT2D eigenvalue weighted by Gasteiger charge is 2.14. The molecule has 0 radical (unpaired) electrons. The van der Waals surface area contributed by atoms with E-state index in [-0.39, 0.29) is 18.4 Å². The first-order valence-electron chi connectivity index (χ1n) is 9.57. The Hall–Kier alpha value is -3.20. The minimum absolute atomic E-state index is 0.00127. The number of benzene rings is 2. The monoisotopic (exact) mass is 424 g/mol. The van der Waals surface area contributed by atoms with Crippen molar-refractivity contribution in [3.63, 3.8) is 0 Å². The van der Waals surface area contributed by atoms with Gasteiger partial charge in [0.05, 0.1) is 18.8 Å². The molecule has 3 rings (SSSR count). The van der Waals surface area contributed by atoms with Crippen LogP contribution in [0.4, 0.5) is 5.69 Å². The summed E-state index contributed by atoms with van der Waals surface area (Å²) in [6.45, 7) is 0.480. The maximum atomic E-state index is 12.3. The molecule has 0 aliphatic carbocycles. The van der Waals surface area contributed by atoms with Crippen molar-refractivity contribution in [2.45, 2.75) is 24.3 Å². The van der Waals surface area contributed by atoms with Crippen molar-refractivity contribution in [1.29, 1.82) is 0 Å². The molecule has 30 heavy (non-hydrogen) atoms. The van der Waals surface area contributed by atoms with Crippen LogP contribution >= 0.6 is 11.8 Å². The number of nitrogens with one attached hydrogen (secondary N) is 1. The number of anilines is 1. The molecular formula is C21H24N6O2S. The number of aryl methyl sites for hydroxylation is 1. The van der Waals surface area contributed by atoms with Crippen LogP contribution in [0.15, 0.2) is 59.5 Å². The van der Waals surface area contributed by atoms with Crippen LogP contribution in [-0.2, 0) is 16.1 Å². The second-order valence-corrected chi connectivity index (χ2v) is 7.52. The molecule has 0 spiro atoms. The fraction of sp³-hybridized carbons (Fsp3) is 0.286. The van der Waals surface area contributed by atoms with Crippen molar-refractivity contribution in [3.8, 4) is 11.4 Å². The Labute approximate surface area is 179 Å². The van der Waals surface area contributed by atoms with E-state index in [9.17, 15) is 9.59 Å². The lowest BCUT2D eigenvalue weighted by Crippen LogP contribution is -2.35. The standard InChI is InChI=1S/C21H24N6O2S/c1-26(15-19(28)22-17-11-6-7-12-18(17)30-2)20(29)13-8-14-27-24-21(23-25-27)16-9-4-3-5-10-16/h3-7,9-12H,8,13-15H2,1-2H3,(H,22,28). The summed E-state index contributed by atoms with van der Waals surface area (Å²) in [7, 11) is 1.63. The van der Waals surface area contributed by atoms with Crippen LogP contribution in [0.2, 0.25) is 0 Å². The zero-order valence-corrected chi connectivity index (χ0v) is 17.8. The van der Waals surface area contributed by atoms with Crippen molar-refractivity contribution in [1.82, 2.24) is 25.1 Å². The van der Waals surface area contributed by atoms with Gasteiger partial charge in [0.25, 0.3) is 0 Å². The first kappa shape index (κ1) is 21.5. The highest BCUT2D eigenvalue weighted by molar-refractivity contribution is 7.98. The first-order valence-corrected chi connectivity index (χ1v) is 10.8. The van der Waals surface area contributed by atoms with E-state index in [0.717, 1.165) is 16.1 Å². The Bertz CT molecular complexity index is 992. The Morgan fingerprint density at radius 3 is 2.60 bits per heavy atom. The molecule has 1 N–H and O–H groups in total. The van der Waals surface area contributed by atoms with E-state index in [1.54, 1.807) is 18.8 Å². The fourth-order valence-corrected chi connectivity index (χ4v) is 3.40. The molecule has 2 amide bonds. The molecule has 0 aliphatic heterocycles. The zero-order valence-electron chi connectivity index (χ0n) is 17.0. The summed E-state index contributed by atoms with van der Waals surface area (Å²) >= 11 is 1.56. The van der Waals surface area contributed by atoms with Crippen LogP contribution in [0, 0.1) is 0 Å². The van der Waals surface area contributed by atoms with Gasteiger partial charge in [0.1, 0.15) is 0 Å². The van der Waals surface area contributed by atoms with Gasteiger partial charge in [-0.1, -0.05) is 42.5 Å². The number of rotatable bonds is 9. The van der Waals surface area contributed by atoms with Gasteiger partial charge in [-0.25, -0.2) is 0 Å². The van der Waals surface area contributed by atoms with Gasteiger partial charge in [0.15, 0.2) is 0 Å². The predicted molar refractivity (Wildman–Crippen MR) is 117 cm³/mol. The fourth-order valence-electron chi connectivity index (χ4n) is 2.84. The van der Waals surface area contributed by atoms with Crippen LogP contribution in [0.3, 0.4) is 0 Å². The molecule has 0 bridgehead atoms. The summed E-state index contributed by atoms with van der Waals surface area (Å²) in [5, 5.41) is 15.3. The number of para-hydroxylation sites is 1. The molecule has 156 valence electrons. The molecule has 9 heteroatoms. The number of tetrazole rings is 1. The van der Waals surface area contributed by atoms with Crippen molar-refractivity contribution in [3.05, 3.63) is 54.6 Å². The zero-order chi connectivity index (χ0) is 21.3. The molecule has 0 saturated heterocycles. The molecular weight excluding hydrogens is 400 g/mol. The van der Waals surface area contributed by atoms with Crippen LogP contribution in [0.25, 0.3) is 11.4 Å². The average Bonchev–Trinajstić information content (AvgIpc) is 3.23. The minimum Gasteiger partial charge on any atom is -0.336 e. The maximum absolute atomic E-state index is 12.3. The highest BCUT2D eigenvalue weighted by Crippen LogP contribution is 2.24. The summed E-state index contributed by atoms with van der Waals surface area (Å²) in [6, 6.07) is 17.2. The van der Waals surface area contributed by atoms with Crippen LogP contribution in [-0.4, -0.2) is 56.8 Å². The highest BCUT2D eigenvalue weighted by atomic mass is 32.2. The SMILES string of the molecule is CSc1ccccc1NC(=O)CN(C)C(=O)CCCn1nnc(-c2ccccc2)n1. The van der Waals surface area contributed by atoms with Crippen LogP contribution in [0.1, 0.15) is 12.8 Å². The number of carbonyl (C=O) groups excluding carboxylic acids is 2. The molecule has 3 aromatic rings. The summed E-state index contributed by atoms with van der Waals surface area (Å²) in [5.41, 5.74) is 1.65. The number of hydrogen-bond acceptors (Lipinski definition) is 6. The van der Waals surface area contributed by atoms with E-state index in [0.29, 0.717) is 25.2 Å². The lowest BCUT2D eigenvalue weighted by atomic mass is 10.2. The van der Waals surface area contributed by atoms with Gasteiger partial charge in [-0.2, -0.15) is 4.80 Å². The molecule has 0 saturated carbocycles. The molecule has 0 unspecified atom stereocenters. The molecule has 0 aliphatic rings. The van der Waals surface area contributed by atoms with E-state index in [1.165, 1.54) is 9.70 Å². The first-order chi connectivity index (χ1) is 14.6. The van der Waals surface area contributed by atoms with Gasteiger partial charge < -0.3 is 10.2 Å². The topological polar surface area (TPSA) is 93.0 Å². The predicted octanol–water partition coefficient (Wildman–Crippen LogP) is 2.94. The Morgan fingerprint density at radius 2 is 1.83 bits per heavy atom.